The zero-order valence-electron chi connectivity index (χ0n) is 4.71. The van der Waals surface area contributed by atoms with E-state index in [2.05, 4.69) is 4.99 Å². The van der Waals surface area contributed by atoms with Gasteiger partial charge in [-0.1, -0.05) is 12.2 Å². The van der Waals surface area contributed by atoms with Crippen LogP contribution in [-0.4, -0.2) is 26.0 Å². The fraction of sp³-hybridized carbons (Fsp3) is 0.500. The maximum atomic E-state index is 5.04. The van der Waals surface area contributed by atoms with Crippen molar-refractivity contribution < 1.29 is 4.74 Å². The molecule has 0 saturated carbocycles. The number of rotatable bonds is 0. The fourth-order valence-corrected chi connectivity index (χ4v) is 0.519. The van der Waals surface area contributed by atoms with Crippen LogP contribution >= 0.6 is 0 Å². The molecule has 0 aromatic rings. The van der Waals surface area contributed by atoms with Crippen LogP contribution in [0.4, 0.5) is 0 Å². The molecular weight excluding hydrogens is 102 g/mol. The second-order valence-electron chi connectivity index (χ2n) is 1.56. The van der Waals surface area contributed by atoms with Crippen molar-refractivity contribution in [3.8, 4) is 0 Å². The summed E-state index contributed by atoms with van der Waals surface area (Å²) in [5, 5.41) is 0. The highest BCUT2D eigenvalue weighted by molar-refractivity contribution is 5.58. The Hall–Kier alpha value is -0.630. The molecule has 0 radical (unpaired) electrons. The second-order valence-corrected chi connectivity index (χ2v) is 1.56. The minimum Gasteiger partial charge on any atom is -0.372 e. The van der Waals surface area contributed by atoms with Crippen LogP contribution in [0.3, 0.4) is 0 Å². The molecule has 2 nitrogen and oxygen atoms in total. The molecule has 0 bridgehead atoms. The highest BCUT2D eigenvalue weighted by Crippen LogP contribution is 1.81. The average molecular weight is 111 g/mol. The van der Waals surface area contributed by atoms with Crippen molar-refractivity contribution in [2.75, 3.05) is 19.8 Å². The minimum absolute atomic E-state index is 0.657. The highest BCUT2D eigenvalue weighted by atomic mass is 16.5. The van der Waals surface area contributed by atoms with Gasteiger partial charge >= 0.3 is 0 Å². The molecule has 0 fully saturated rings. The first kappa shape index (κ1) is 5.51. The van der Waals surface area contributed by atoms with Crippen LogP contribution in [0.1, 0.15) is 0 Å². The van der Waals surface area contributed by atoms with Crippen molar-refractivity contribution in [2.24, 2.45) is 4.99 Å². The molecule has 0 aromatic carbocycles. The van der Waals surface area contributed by atoms with Crippen molar-refractivity contribution in [3.05, 3.63) is 12.2 Å². The van der Waals surface area contributed by atoms with Gasteiger partial charge in [0.05, 0.1) is 19.8 Å². The van der Waals surface area contributed by atoms with Gasteiger partial charge in [0.15, 0.2) is 0 Å². The number of nitrogens with zero attached hydrogens (tertiary/aromatic N) is 1. The molecular formula is C6H9NO. The maximum absolute atomic E-state index is 5.04. The van der Waals surface area contributed by atoms with E-state index in [1.165, 1.54) is 0 Å². The Morgan fingerprint density at radius 3 is 3.25 bits per heavy atom. The SMILES string of the molecule is C1=CCOCC=NC1. The summed E-state index contributed by atoms with van der Waals surface area (Å²) < 4.78 is 5.04. The van der Waals surface area contributed by atoms with E-state index in [-0.39, 0.29) is 0 Å². The fourth-order valence-electron chi connectivity index (χ4n) is 0.519. The first-order valence-corrected chi connectivity index (χ1v) is 2.71. The van der Waals surface area contributed by atoms with Crippen molar-refractivity contribution in [1.82, 2.24) is 0 Å². The topological polar surface area (TPSA) is 21.6 Å². The second kappa shape index (κ2) is 3.38. The lowest BCUT2D eigenvalue weighted by molar-refractivity contribution is 0.206. The van der Waals surface area contributed by atoms with Gasteiger partial charge < -0.3 is 4.74 Å². The Kier molecular flexibility index (Phi) is 2.33. The molecule has 0 aliphatic carbocycles. The van der Waals surface area contributed by atoms with Crippen LogP contribution in [0.5, 0.6) is 0 Å². The summed E-state index contributed by atoms with van der Waals surface area (Å²) in [4.78, 5) is 3.99. The number of aliphatic imine (C=N–C) groups is 1. The zero-order valence-corrected chi connectivity index (χ0v) is 4.71. The van der Waals surface area contributed by atoms with Gasteiger partial charge in [0.1, 0.15) is 0 Å². The molecule has 0 atom stereocenters. The van der Waals surface area contributed by atoms with Gasteiger partial charge in [-0.25, -0.2) is 0 Å². The number of ether oxygens (including phenoxy) is 1. The van der Waals surface area contributed by atoms with Gasteiger partial charge in [0.2, 0.25) is 0 Å². The molecule has 0 N–H and O–H groups in total. The van der Waals surface area contributed by atoms with E-state index in [4.69, 9.17) is 4.74 Å². The zero-order chi connectivity index (χ0) is 5.66. The third kappa shape index (κ3) is 1.89. The number of hydrogen-bond donors (Lipinski definition) is 0. The molecule has 8 heavy (non-hydrogen) atoms. The molecule has 44 valence electrons. The Bertz CT molecular complexity index is 95.1. The maximum Gasteiger partial charge on any atom is 0.0818 e. The lowest BCUT2D eigenvalue weighted by Gasteiger charge is -1.96. The van der Waals surface area contributed by atoms with Crippen LogP contribution in [-0.2, 0) is 4.74 Å². The van der Waals surface area contributed by atoms with E-state index in [1.54, 1.807) is 6.21 Å². The van der Waals surface area contributed by atoms with Gasteiger partial charge in [-0.3, -0.25) is 4.99 Å². The molecule has 1 rings (SSSR count). The molecule has 2 heteroatoms. The van der Waals surface area contributed by atoms with E-state index in [0.717, 1.165) is 13.2 Å². The Labute approximate surface area is 48.9 Å². The molecule has 1 heterocycles. The van der Waals surface area contributed by atoms with Gasteiger partial charge in [-0.15, -0.1) is 0 Å². The van der Waals surface area contributed by atoms with E-state index in [0.29, 0.717) is 6.61 Å². The third-order valence-corrected chi connectivity index (χ3v) is 0.913. The van der Waals surface area contributed by atoms with Gasteiger partial charge in [0.25, 0.3) is 0 Å². The van der Waals surface area contributed by atoms with E-state index >= 15 is 0 Å². The van der Waals surface area contributed by atoms with Gasteiger partial charge in [-0.05, 0) is 0 Å². The predicted molar refractivity (Wildman–Crippen MR) is 33.3 cm³/mol. The summed E-state index contributed by atoms with van der Waals surface area (Å²) >= 11 is 0. The van der Waals surface area contributed by atoms with Crippen LogP contribution in [0.25, 0.3) is 0 Å². The monoisotopic (exact) mass is 111 g/mol. The summed E-state index contributed by atoms with van der Waals surface area (Å²) in [6.07, 6.45) is 5.77. The average Bonchev–Trinajstić information content (AvgIpc) is 1.62. The largest absolute Gasteiger partial charge is 0.372 e. The summed E-state index contributed by atoms with van der Waals surface area (Å²) in [6.45, 7) is 2.19. The molecule has 1 aliphatic rings. The van der Waals surface area contributed by atoms with Crippen molar-refractivity contribution in [1.29, 1.82) is 0 Å². The predicted octanol–water partition coefficient (Wildman–Crippen LogP) is 0.644. The lowest BCUT2D eigenvalue weighted by atomic mass is 10.5. The highest BCUT2D eigenvalue weighted by Gasteiger charge is 1.81. The van der Waals surface area contributed by atoms with Crippen LogP contribution in [0.2, 0.25) is 0 Å². The van der Waals surface area contributed by atoms with Crippen molar-refractivity contribution in [3.63, 3.8) is 0 Å². The van der Waals surface area contributed by atoms with E-state index in [1.807, 2.05) is 12.2 Å². The van der Waals surface area contributed by atoms with Gasteiger partial charge in [0, 0.05) is 6.21 Å². The third-order valence-electron chi connectivity index (χ3n) is 0.913. The smallest absolute Gasteiger partial charge is 0.0818 e. The Morgan fingerprint density at radius 1 is 1.25 bits per heavy atom. The summed E-state index contributed by atoms with van der Waals surface area (Å²) in [5.74, 6) is 0. The van der Waals surface area contributed by atoms with Crippen LogP contribution in [0, 0.1) is 0 Å². The molecule has 0 unspecified atom stereocenters. The number of hydrogen-bond acceptors (Lipinski definition) is 2. The van der Waals surface area contributed by atoms with Crippen molar-refractivity contribution in [2.45, 2.75) is 0 Å². The van der Waals surface area contributed by atoms with Crippen LogP contribution in [0.15, 0.2) is 17.1 Å². The van der Waals surface area contributed by atoms with Crippen LogP contribution < -0.4 is 0 Å². The first-order valence-electron chi connectivity index (χ1n) is 2.71. The summed E-state index contributed by atoms with van der Waals surface area (Å²) in [7, 11) is 0. The molecule has 1 aliphatic heterocycles. The molecule has 0 saturated heterocycles. The normalized spacial score (nSPS) is 20.0. The Balaban J connectivity index is 2.31. The summed E-state index contributed by atoms with van der Waals surface area (Å²) in [6, 6.07) is 0. The first-order chi connectivity index (χ1) is 4.00. The molecule has 0 amide bonds. The van der Waals surface area contributed by atoms with Crippen molar-refractivity contribution >= 4 is 6.21 Å². The summed E-state index contributed by atoms with van der Waals surface area (Å²) in [5.41, 5.74) is 0. The molecule has 0 aromatic heterocycles. The van der Waals surface area contributed by atoms with E-state index in [9.17, 15) is 0 Å². The standard InChI is InChI=1S/C6H9NO/c1-2-5-8-6-4-7-3-1/h1-2,4H,3,5-6H2. The Morgan fingerprint density at radius 2 is 2.25 bits per heavy atom. The lowest BCUT2D eigenvalue weighted by Crippen LogP contribution is -1.97. The van der Waals surface area contributed by atoms with E-state index < -0.39 is 0 Å². The molecule has 0 spiro atoms. The minimum atomic E-state index is 0.657. The van der Waals surface area contributed by atoms with Gasteiger partial charge in [-0.2, -0.15) is 0 Å². The quantitative estimate of drug-likeness (QED) is 0.420.